The van der Waals surface area contributed by atoms with Crippen LogP contribution >= 0.6 is 0 Å². The summed E-state index contributed by atoms with van der Waals surface area (Å²) >= 11 is 0. The van der Waals surface area contributed by atoms with Crippen LogP contribution in [-0.2, 0) is 16.1 Å². The zero-order chi connectivity index (χ0) is 22.4. The largest absolute Gasteiger partial charge is 0.461 e. The minimum absolute atomic E-state index is 0.00318. The molecule has 1 aliphatic rings. The zero-order valence-corrected chi connectivity index (χ0v) is 17.0. The first-order valence-corrected chi connectivity index (χ1v) is 9.61. The molecule has 3 rings (SSSR count). The summed E-state index contributed by atoms with van der Waals surface area (Å²) in [6.45, 7) is 2.21. The van der Waals surface area contributed by atoms with Crippen molar-refractivity contribution in [2.45, 2.75) is 32.4 Å². The molecule has 2 aromatic rings. The van der Waals surface area contributed by atoms with E-state index in [2.05, 4.69) is 15.0 Å². The van der Waals surface area contributed by atoms with Crippen molar-refractivity contribution >= 4 is 18.0 Å². The Labute approximate surface area is 178 Å². The van der Waals surface area contributed by atoms with E-state index < -0.39 is 17.9 Å². The second-order valence-electron chi connectivity index (χ2n) is 6.94. The second-order valence-corrected chi connectivity index (χ2v) is 6.94. The van der Waals surface area contributed by atoms with Gasteiger partial charge in [0.2, 0.25) is 5.91 Å². The van der Waals surface area contributed by atoms with E-state index in [1.165, 1.54) is 25.4 Å². The summed E-state index contributed by atoms with van der Waals surface area (Å²) in [5.41, 5.74) is 11.0. The number of likely N-dealkylation sites (tertiary alicyclic amines) is 1. The fourth-order valence-corrected chi connectivity index (χ4v) is 3.32. The Morgan fingerprint density at radius 3 is 2.71 bits per heavy atom. The van der Waals surface area contributed by atoms with Crippen molar-refractivity contribution in [3.8, 4) is 17.1 Å². The van der Waals surface area contributed by atoms with Crippen LogP contribution in [0.3, 0.4) is 0 Å². The van der Waals surface area contributed by atoms with E-state index in [1.54, 1.807) is 17.0 Å². The molecule has 2 amide bonds. The molecule has 0 radical (unpaired) electrons. The second kappa shape index (κ2) is 9.83. The lowest BCUT2D eigenvalue weighted by molar-refractivity contribution is -0.130. The third-order valence-corrected chi connectivity index (χ3v) is 4.78. The van der Waals surface area contributed by atoms with Crippen molar-refractivity contribution in [1.82, 2.24) is 14.9 Å². The van der Waals surface area contributed by atoms with E-state index in [1.807, 2.05) is 0 Å². The van der Waals surface area contributed by atoms with E-state index >= 15 is 0 Å². The molecule has 0 saturated carbocycles. The highest BCUT2D eigenvalue weighted by molar-refractivity contribution is 5.87. The first-order chi connectivity index (χ1) is 14.8. The van der Waals surface area contributed by atoms with Gasteiger partial charge in [0.1, 0.15) is 19.0 Å². The number of carbonyl (C=O) groups excluding carboxylic acids is 2. The molecule has 31 heavy (non-hydrogen) atoms. The van der Waals surface area contributed by atoms with Gasteiger partial charge in [-0.25, -0.2) is 19.2 Å². The number of guanidine groups is 1. The summed E-state index contributed by atoms with van der Waals surface area (Å²) in [5, 5.41) is 0. The summed E-state index contributed by atoms with van der Waals surface area (Å²) in [4.78, 5) is 36.3. The van der Waals surface area contributed by atoms with Crippen LogP contribution in [0, 0.1) is 5.82 Å². The summed E-state index contributed by atoms with van der Waals surface area (Å²) < 4.78 is 25.3. The van der Waals surface area contributed by atoms with Crippen LogP contribution in [0.4, 0.5) is 9.18 Å². The van der Waals surface area contributed by atoms with Crippen molar-refractivity contribution in [2.75, 3.05) is 13.2 Å². The minimum Gasteiger partial charge on any atom is -0.461 e. The summed E-state index contributed by atoms with van der Waals surface area (Å²) in [6, 6.07) is 4.78. The van der Waals surface area contributed by atoms with Crippen molar-refractivity contribution in [2.24, 2.45) is 16.5 Å². The van der Waals surface area contributed by atoms with Gasteiger partial charge in [-0.05, 0) is 12.8 Å². The topological polar surface area (TPSA) is 146 Å². The molecule has 1 fully saturated rings. The van der Waals surface area contributed by atoms with E-state index in [4.69, 9.17) is 20.9 Å². The highest BCUT2D eigenvalue weighted by atomic mass is 19.1. The molecule has 1 unspecified atom stereocenters. The third kappa shape index (κ3) is 5.65. The Bertz CT molecular complexity index is 978. The van der Waals surface area contributed by atoms with E-state index in [0.29, 0.717) is 12.2 Å². The smallest absolute Gasteiger partial charge is 0.437 e. The maximum absolute atomic E-state index is 14.8. The normalized spacial score (nSPS) is 15.4. The van der Waals surface area contributed by atoms with Gasteiger partial charge in [-0.3, -0.25) is 4.79 Å². The van der Waals surface area contributed by atoms with Gasteiger partial charge < -0.3 is 25.8 Å². The van der Waals surface area contributed by atoms with Crippen LogP contribution in [0.25, 0.3) is 11.1 Å². The average molecular weight is 430 g/mol. The number of ether oxygens (including phenoxy) is 2. The zero-order valence-electron chi connectivity index (χ0n) is 17.0. The number of hydrogen-bond acceptors (Lipinski definition) is 6. The average Bonchev–Trinajstić information content (AvgIpc) is 3.20. The fourth-order valence-electron chi connectivity index (χ4n) is 3.32. The number of rotatable bonds is 6. The predicted molar refractivity (Wildman–Crippen MR) is 109 cm³/mol. The van der Waals surface area contributed by atoms with Gasteiger partial charge in [-0.1, -0.05) is 18.2 Å². The first-order valence-electron chi connectivity index (χ1n) is 9.61. The van der Waals surface area contributed by atoms with Crippen LogP contribution in [0.2, 0.25) is 0 Å². The Balaban J connectivity index is 1.65. The fraction of sp³-hybridized carbons (Fsp3) is 0.350. The number of benzene rings is 1. The van der Waals surface area contributed by atoms with Gasteiger partial charge in [0, 0.05) is 42.6 Å². The summed E-state index contributed by atoms with van der Waals surface area (Å²) in [5.74, 6) is -1.01. The van der Waals surface area contributed by atoms with Crippen molar-refractivity contribution in [3.05, 3.63) is 42.0 Å². The number of halogens is 1. The number of hydrogen-bond donors (Lipinski definition) is 2. The lowest BCUT2D eigenvalue weighted by Gasteiger charge is -2.22. The maximum atomic E-state index is 14.8. The van der Waals surface area contributed by atoms with Crippen LogP contribution in [-0.4, -0.2) is 52.0 Å². The molecule has 1 aromatic carbocycles. The maximum Gasteiger partial charge on any atom is 0.437 e. The molecule has 11 heteroatoms. The Hall–Kier alpha value is -3.76. The molecule has 4 N–H and O–H groups in total. The predicted octanol–water partition coefficient (Wildman–Crippen LogP) is 1.58. The highest BCUT2D eigenvalue weighted by Crippen LogP contribution is 2.25. The number of carbonyl (C=O) groups is 2. The van der Waals surface area contributed by atoms with Gasteiger partial charge >= 0.3 is 12.1 Å². The van der Waals surface area contributed by atoms with Crippen LogP contribution < -0.4 is 16.2 Å². The molecule has 1 aromatic heterocycles. The van der Waals surface area contributed by atoms with Gasteiger partial charge in [0.15, 0.2) is 5.96 Å². The molecular formula is C20H23FN6O4. The summed E-state index contributed by atoms with van der Waals surface area (Å²) in [6.07, 6.45) is 3.66. The first kappa shape index (κ1) is 21.9. The Morgan fingerprint density at radius 1 is 1.29 bits per heavy atom. The monoisotopic (exact) mass is 430 g/mol. The summed E-state index contributed by atoms with van der Waals surface area (Å²) in [7, 11) is 0. The van der Waals surface area contributed by atoms with Crippen LogP contribution in [0.5, 0.6) is 6.01 Å². The van der Waals surface area contributed by atoms with Gasteiger partial charge in [-0.2, -0.15) is 0 Å². The van der Waals surface area contributed by atoms with Gasteiger partial charge in [0.05, 0.1) is 6.04 Å². The molecule has 2 heterocycles. The number of aromatic nitrogens is 2. The quantitative estimate of drug-likeness (QED) is 0.519. The van der Waals surface area contributed by atoms with E-state index in [-0.39, 0.29) is 35.7 Å². The number of nitrogens with zero attached hydrogens (tertiary/aromatic N) is 4. The van der Waals surface area contributed by atoms with E-state index in [9.17, 15) is 14.0 Å². The molecule has 0 aliphatic carbocycles. The molecule has 0 spiro atoms. The number of aliphatic imine (C=N–C) groups is 1. The lowest BCUT2D eigenvalue weighted by Crippen LogP contribution is -2.37. The van der Waals surface area contributed by atoms with Crippen molar-refractivity contribution in [1.29, 1.82) is 0 Å². The molecular weight excluding hydrogens is 407 g/mol. The molecule has 10 nitrogen and oxygen atoms in total. The minimum atomic E-state index is -1.01. The SMILES string of the molecule is CC(=O)N1CCCC1COc1ncc(-c2cccc(COC(=O)N=C(N)N)c2F)cn1. The van der Waals surface area contributed by atoms with Crippen molar-refractivity contribution < 1.29 is 23.5 Å². The van der Waals surface area contributed by atoms with Gasteiger partial charge in [0.25, 0.3) is 0 Å². The highest BCUT2D eigenvalue weighted by Gasteiger charge is 2.27. The van der Waals surface area contributed by atoms with Crippen LogP contribution in [0.1, 0.15) is 25.3 Å². The standard InChI is InChI=1S/C20H23FN6O4/c1-12(28)27-7-3-5-15(27)11-30-19-24-8-14(9-25-19)16-6-2-4-13(17(16)21)10-31-20(29)26-18(22)23/h2,4,6,8-9,15H,3,5,7,10-11H2,1H3,(H4,22,23,26,29). The molecule has 1 aliphatic heterocycles. The Morgan fingerprint density at radius 2 is 2.03 bits per heavy atom. The molecule has 1 saturated heterocycles. The molecule has 1 atom stereocenters. The molecule has 164 valence electrons. The Kier molecular flexibility index (Phi) is 6.96. The third-order valence-electron chi connectivity index (χ3n) is 4.78. The molecule has 0 bridgehead atoms. The van der Waals surface area contributed by atoms with Crippen molar-refractivity contribution in [3.63, 3.8) is 0 Å². The van der Waals surface area contributed by atoms with E-state index in [0.717, 1.165) is 19.4 Å². The lowest BCUT2D eigenvalue weighted by atomic mass is 10.1. The van der Waals surface area contributed by atoms with Crippen LogP contribution in [0.15, 0.2) is 35.6 Å². The van der Waals surface area contributed by atoms with Gasteiger partial charge in [-0.15, -0.1) is 4.99 Å². The number of amides is 2. The number of nitrogens with two attached hydrogens (primary N) is 2.